The zero-order valence-electron chi connectivity index (χ0n) is 11.2. The fourth-order valence-electron chi connectivity index (χ4n) is 1.75. The van der Waals surface area contributed by atoms with Crippen LogP contribution >= 0.6 is 0 Å². The van der Waals surface area contributed by atoms with Crippen LogP contribution in [0.2, 0.25) is 0 Å². The molecule has 2 aromatic carbocycles. The van der Waals surface area contributed by atoms with Crippen LogP contribution in [0.5, 0.6) is 0 Å². The van der Waals surface area contributed by atoms with Crippen molar-refractivity contribution in [2.45, 2.75) is 4.90 Å². The Hall–Kier alpha value is -2.47. The molecular formula is C15H13NO4S. The van der Waals surface area contributed by atoms with Gasteiger partial charge in [0, 0.05) is 23.1 Å². The van der Waals surface area contributed by atoms with Crippen molar-refractivity contribution in [2.24, 2.45) is 0 Å². The smallest absolute Gasteiger partial charge is 0.255 e. The lowest BCUT2D eigenvalue weighted by molar-refractivity contribution is 0.102. The molecule has 0 aliphatic heterocycles. The molecule has 0 saturated heterocycles. The molecule has 0 aromatic heterocycles. The van der Waals surface area contributed by atoms with Crippen LogP contribution in [0.4, 0.5) is 5.69 Å². The number of amides is 1. The molecule has 0 radical (unpaired) electrons. The monoisotopic (exact) mass is 303 g/mol. The first kappa shape index (κ1) is 14.9. The molecule has 0 atom stereocenters. The Morgan fingerprint density at radius 1 is 1.10 bits per heavy atom. The van der Waals surface area contributed by atoms with Crippen molar-refractivity contribution in [3.05, 3.63) is 59.7 Å². The normalized spacial score (nSPS) is 10.9. The van der Waals surface area contributed by atoms with E-state index in [1.54, 1.807) is 24.3 Å². The predicted octanol–water partition coefficient (Wildman–Crippen LogP) is 2.15. The van der Waals surface area contributed by atoms with Gasteiger partial charge < -0.3 is 5.32 Å². The van der Waals surface area contributed by atoms with Gasteiger partial charge in [0.15, 0.2) is 9.84 Å². The molecule has 0 bridgehead atoms. The van der Waals surface area contributed by atoms with Crippen LogP contribution in [-0.2, 0) is 9.84 Å². The van der Waals surface area contributed by atoms with Crippen LogP contribution in [0.15, 0.2) is 53.4 Å². The zero-order valence-corrected chi connectivity index (χ0v) is 12.1. The van der Waals surface area contributed by atoms with E-state index in [0.29, 0.717) is 23.1 Å². The molecule has 0 fully saturated rings. The minimum atomic E-state index is -3.28. The topological polar surface area (TPSA) is 80.3 Å². The van der Waals surface area contributed by atoms with Crippen LogP contribution < -0.4 is 5.32 Å². The molecule has 0 spiro atoms. The van der Waals surface area contributed by atoms with Gasteiger partial charge in [0.25, 0.3) is 5.91 Å². The quantitative estimate of drug-likeness (QED) is 0.878. The van der Waals surface area contributed by atoms with Gasteiger partial charge in [-0.1, -0.05) is 12.1 Å². The second-order valence-corrected chi connectivity index (χ2v) is 6.51. The van der Waals surface area contributed by atoms with Crippen LogP contribution in [0, 0.1) is 0 Å². The van der Waals surface area contributed by atoms with E-state index in [0.717, 1.165) is 6.26 Å². The first-order valence-corrected chi connectivity index (χ1v) is 7.96. The summed E-state index contributed by atoms with van der Waals surface area (Å²) in [5, 5.41) is 2.64. The highest BCUT2D eigenvalue weighted by atomic mass is 32.2. The second-order valence-electron chi connectivity index (χ2n) is 4.49. The summed E-state index contributed by atoms with van der Waals surface area (Å²) in [6.45, 7) is 0. The molecule has 1 N–H and O–H groups in total. The summed E-state index contributed by atoms with van der Waals surface area (Å²) in [6.07, 6.45) is 1.80. The SMILES string of the molecule is CS(=O)(=O)c1ccc(C(=O)Nc2cccc(C=O)c2)cc1. The van der Waals surface area contributed by atoms with Crippen LogP contribution in [0.3, 0.4) is 0 Å². The van der Waals surface area contributed by atoms with Crippen molar-refractivity contribution in [3.63, 3.8) is 0 Å². The number of hydrogen-bond donors (Lipinski definition) is 1. The van der Waals surface area contributed by atoms with E-state index in [1.165, 1.54) is 24.3 Å². The Morgan fingerprint density at radius 2 is 1.76 bits per heavy atom. The number of sulfone groups is 1. The van der Waals surface area contributed by atoms with E-state index in [-0.39, 0.29) is 10.8 Å². The lowest BCUT2D eigenvalue weighted by Crippen LogP contribution is -2.12. The molecule has 6 heteroatoms. The van der Waals surface area contributed by atoms with Crippen LogP contribution in [-0.4, -0.2) is 26.9 Å². The molecule has 0 aliphatic carbocycles. The van der Waals surface area contributed by atoms with Crippen molar-refractivity contribution in [1.29, 1.82) is 0 Å². The zero-order chi connectivity index (χ0) is 15.5. The van der Waals surface area contributed by atoms with Crippen molar-refractivity contribution < 1.29 is 18.0 Å². The first-order valence-electron chi connectivity index (χ1n) is 6.07. The summed E-state index contributed by atoms with van der Waals surface area (Å²) in [7, 11) is -3.28. The van der Waals surface area contributed by atoms with E-state index in [2.05, 4.69) is 5.32 Å². The maximum Gasteiger partial charge on any atom is 0.255 e. The summed E-state index contributed by atoms with van der Waals surface area (Å²) < 4.78 is 22.7. The fraction of sp³-hybridized carbons (Fsp3) is 0.0667. The Kier molecular flexibility index (Phi) is 4.18. The maximum absolute atomic E-state index is 12.0. The number of nitrogens with one attached hydrogen (secondary N) is 1. The molecule has 1 amide bonds. The van der Waals surface area contributed by atoms with Crippen molar-refractivity contribution in [3.8, 4) is 0 Å². The number of hydrogen-bond acceptors (Lipinski definition) is 4. The van der Waals surface area contributed by atoms with Gasteiger partial charge in [0.1, 0.15) is 6.29 Å². The minimum absolute atomic E-state index is 0.155. The Morgan fingerprint density at radius 3 is 2.33 bits per heavy atom. The van der Waals surface area contributed by atoms with E-state index in [1.807, 2.05) is 0 Å². The van der Waals surface area contributed by atoms with Gasteiger partial charge in [-0.2, -0.15) is 0 Å². The molecule has 2 aromatic rings. The summed E-state index contributed by atoms with van der Waals surface area (Å²) in [5.74, 6) is -0.377. The fourth-order valence-corrected chi connectivity index (χ4v) is 2.38. The number of carbonyl (C=O) groups is 2. The van der Waals surface area contributed by atoms with Gasteiger partial charge in [-0.3, -0.25) is 9.59 Å². The average molecular weight is 303 g/mol. The van der Waals surface area contributed by atoms with Gasteiger partial charge in [-0.15, -0.1) is 0 Å². The minimum Gasteiger partial charge on any atom is -0.322 e. The van der Waals surface area contributed by atoms with Crippen LogP contribution in [0.25, 0.3) is 0 Å². The van der Waals surface area contributed by atoms with Gasteiger partial charge in [-0.05, 0) is 36.4 Å². The highest BCUT2D eigenvalue weighted by molar-refractivity contribution is 7.90. The molecule has 108 valence electrons. The van der Waals surface area contributed by atoms with Gasteiger partial charge >= 0.3 is 0 Å². The summed E-state index contributed by atoms with van der Waals surface area (Å²) in [4.78, 5) is 22.9. The number of benzene rings is 2. The molecule has 0 aliphatic rings. The Bertz CT molecular complexity index is 780. The van der Waals surface area contributed by atoms with Crippen molar-refractivity contribution >= 4 is 27.7 Å². The molecular weight excluding hydrogens is 290 g/mol. The predicted molar refractivity (Wildman–Crippen MR) is 79.3 cm³/mol. The van der Waals surface area contributed by atoms with E-state index in [9.17, 15) is 18.0 Å². The number of carbonyl (C=O) groups excluding carboxylic acids is 2. The lowest BCUT2D eigenvalue weighted by atomic mass is 10.2. The Balaban J connectivity index is 2.18. The number of rotatable bonds is 4. The molecule has 0 unspecified atom stereocenters. The van der Waals surface area contributed by atoms with Gasteiger partial charge in [0.2, 0.25) is 0 Å². The maximum atomic E-state index is 12.0. The Labute approximate surface area is 122 Å². The summed E-state index contributed by atoms with van der Waals surface area (Å²) in [6, 6.07) is 12.1. The summed E-state index contributed by atoms with van der Waals surface area (Å²) >= 11 is 0. The van der Waals surface area contributed by atoms with Gasteiger partial charge in [-0.25, -0.2) is 8.42 Å². The van der Waals surface area contributed by atoms with Crippen molar-refractivity contribution in [2.75, 3.05) is 11.6 Å². The third kappa shape index (κ3) is 3.76. The average Bonchev–Trinajstić information content (AvgIpc) is 2.46. The molecule has 2 rings (SSSR count). The second kappa shape index (κ2) is 5.88. The first-order chi connectivity index (χ1) is 9.90. The standard InChI is InChI=1S/C15H13NO4S/c1-21(19,20)14-7-5-12(6-8-14)15(18)16-13-4-2-3-11(9-13)10-17/h2-10H,1H3,(H,16,18). The van der Waals surface area contributed by atoms with E-state index < -0.39 is 9.84 Å². The van der Waals surface area contributed by atoms with E-state index >= 15 is 0 Å². The third-order valence-electron chi connectivity index (χ3n) is 2.83. The van der Waals surface area contributed by atoms with Crippen LogP contribution in [0.1, 0.15) is 20.7 Å². The number of anilines is 1. The van der Waals surface area contributed by atoms with Gasteiger partial charge in [0.05, 0.1) is 4.90 Å². The molecule has 0 saturated carbocycles. The van der Waals surface area contributed by atoms with Crippen molar-refractivity contribution in [1.82, 2.24) is 0 Å². The molecule has 21 heavy (non-hydrogen) atoms. The van der Waals surface area contributed by atoms with E-state index in [4.69, 9.17) is 0 Å². The number of aldehydes is 1. The molecule has 0 heterocycles. The summed E-state index contributed by atoms with van der Waals surface area (Å²) in [5.41, 5.74) is 1.29. The largest absolute Gasteiger partial charge is 0.322 e. The highest BCUT2D eigenvalue weighted by Gasteiger charge is 2.10. The highest BCUT2D eigenvalue weighted by Crippen LogP contribution is 2.14. The molecule has 5 nitrogen and oxygen atoms in total. The third-order valence-corrected chi connectivity index (χ3v) is 3.95. The lowest BCUT2D eigenvalue weighted by Gasteiger charge is -2.06.